The molecule has 0 spiro atoms. The Kier molecular flexibility index (Phi) is 7.75. The number of aromatic hydroxyl groups is 1. The number of nitrogens with one attached hydrogen (secondary N) is 2. The second kappa shape index (κ2) is 10.9. The van der Waals surface area contributed by atoms with Crippen LogP contribution in [0.4, 0.5) is 28.4 Å². The zero-order valence-corrected chi connectivity index (χ0v) is 22.5. The van der Waals surface area contributed by atoms with E-state index in [0.29, 0.717) is 17.1 Å². The Hall–Kier alpha value is -4.57. The molecule has 0 aliphatic carbocycles. The Morgan fingerprint density at radius 2 is 1.55 bits per heavy atom. The summed E-state index contributed by atoms with van der Waals surface area (Å²) in [6, 6.07) is 15.4. The van der Waals surface area contributed by atoms with E-state index in [4.69, 9.17) is 4.74 Å². The standard InChI is InChI=1S/C25H22N4O9S2/c1-14(30)26-18-8-9-22(38-2)21(13-18)28-29-24-23(40(35,36)37)10-15-6-7-17(12-20(15)25(24)31)27-16-4-3-5-19(11-16)39(32,33)34/h3-13,27,31H,1-2H3,(H,26,30)(H,32,33,34)(H,35,36,37). The molecule has 0 fully saturated rings. The van der Waals surface area contributed by atoms with Gasteiger partial charge in [0.25, 0.3) is 20.2 Å². The van der Waals surface area contributed by atoms with Crippen LogP contribution in [0.15, 0.2) is 86.7 Å². The van der Waals surface area contributed by atoms with Crippen molar-refractivity contribution < 1.29 is 40.6 Å². The molecule has 0 heterocycles. The number of ether oxygens (including phenoxy) is 1. The molecule has 0 bridgehead atoms. The molecule has 4 aromatic carbocycles. The fraction of sp³-hybridized carbons (Fsp3) is 0.0800. The quantitative estimate of drug-likeness (QED) is 0.135. The normalized spacial score (nSPS) is 12.0. The van der Waals surface area contributed by atoms with Crippen LogP contribution in [-0.4, -0.2) is 44.1 Å². The van der Waals surface area contributed by atoms with Crippen molar-refractivity contribution in [3.8, 4) is 11.5 Å². The van der Waals surface area contributed by atoms with E-state index in [9.17, 15) is 35.8 Å². The van der Waals surface area contributed by atoms with Crippen LogP contribution in [0.1, 0.15) is 6.92 Å². The highest BCUT2D eigenvalue weighted by molar-refractivity contribution is 7.86. The Balaban J connectivity index is 1.82. The number of carbonyl (C=O) groups is 1. The van der Waals surface area contributed by atoms with Crippen LogP contribution < -0.4 is 15.4 Å². The second-order valence-corrected chi connectivity index (χ2v) is 11.2. The van der Waals surface area contributed by atoms with Gasteiger partial charge in [0.15, 0.2) is 5.75 Å². The molecule has 4 aromatic rings. The monoisotopic (exact) mass is 586 g/mol. The van der Waals surface area contributed by atoms with Crippen molar-refractivity contribution >= 4 is 65.4 Å². The van der Waals surface area contributed by atoms with Crippen molar-refractivity contribution in [3.05, 3.63) is 66.7 Å². The number of amides is 1. The second-order valence-electron chi connectivity index (χ2n) is 8.38. The molecule has 0 saturated carbocycles. The lowest BCUT2D eigenvalue weighted by molar-refractivity contribution is -0.114. The fourth-order valence-corrected chi connectivity index (χ4v) is 4.95. The first-order valence-electron chi connectivity index (χ1n) is 11.3. The minimum Gasteiger partial charge on any atom is -0.505 e. The molecule has 0 saturated heterocycles. The summed E-state index contributed by atoms with van der Waals surface area (Å²) in [7, 11) is -7.94. The Morgan fingerprint density at radius 1 is 0.850 bits per heavy atom. The number of phenolic OH excluding ortho intramolecular Hbond substituents is 1. The number of rotatable bonds is 8. The smallest absolute Gasteiger partial charge is 0.296 e. The van der Waals surface area contributed by atoms with Crippen molar-refractivity contribution in [2.24, 2.45) is 10.2 Å². The molecule has 40 heavy (non-hydrogen) atoms. The molecule has 0 radical (unpaired) electrons. The van der Waals surface area contributed by atoms with E-state index in [1.165, 1.54) is 62.6 Å². The summed E-state index contributed by atoms with van der Waals surface area (Å²) < 4.78 is 71.6. The van der Waals surface area contributed by atoms with Gasteiger partial charge in [-0.25, -0.2) is 0 Å². The highest BCUT2D eigenvalue weighted by Crippen LogP contribution is 2.43. The zero-order valence-electron chi connectivity index (χ0n) is 20.9. The highest BCUT2D eigenvalue weighted by Gasteiger charge is 2.22. The van der Waals surface area contributed by atoms with Crippen molar-refractivity contribution in [2.45, 2.75) is 16.7 Å². The lowest BCUT2D eigenvalue weighted by Gasteiger charge is -2.12. The lowest BCUT2D eigenvalue weighted by Crippen LogP contribution is -2.05. The number of azo groups is 1. The van der Waals surface area contributed by atoms with Gasteiger partial charge in [0.2, 0.25) is 5.91 Å². The van der Waals surface area contributed by atoms with Crippen molar-refractivity contribution in [1.82, 2.24) is 0 Å². The van der Waals surface area contributed by atoms with Gasteiger partial charge in [-0.1, -0.05) is 12.1 Å². The summed E-state index contributed by atoms with van der Waals surface area (Å²) in [4.78, 5) is 10.4. The molecular formula is C25H22N4O9S2. The molecule has 13 nitrogen and oxygen atoms in total. The zero-order chi connectivity index (χ0) is 29.2. The third-order valence-electron chi connectivity index (χ3n) is 5.51. The van der Waals surface area contributed by atoms with Gasteiger partial charge in [-0.15, -0.1) is 10.2 Å². The van der Waals surface area contributed by atoms with Crippen molar-refractivity contribution in [1.29, 1.82) is 0 Å². The number of benzene rings is 4. The Bertz CT molecular complexity index is 1890. The maximum atomic E-state index is 12.2. The van der Waals surface area contributed by atoms with E-state index in [1.807, 2.05) is 0 Å². The maximum absolute atomic E-state index is 12.2. The molecule has 5 N–H and O–H groups in total. The summed E-state index contributed by atoms with van der Waals surface area (Å²) in [5.74, 6) is -0.741. The summed E-state index contributed by atoms with van der Waals surface area (Å²) >= 11 is 0. The first kappa shape index (κ1) is 28.4. The molecule has 0 unspecified atom stereocenters. The van der Waals surface area contributed by atoms with Crippen LogP contribution in [0.3, 0.4) is 0 Å². The molecule has 4 rings (SSSR count). The molecule has 208 valence electrons. The van der Waals surface area contributed by atoms with Crippen LogP contribution in [0, 0.1) is 0 Å². The van der Waals surface area contributed by atoms with Gasteiger partial charge in [-0.2, -0.15) is 16.8 Å². The SMILES string of the molecule is COc1ccc(NC(C)=O)cc1N=Nc1c(S(=O)(=O)O)cc2ccc(Nc3cccc(S(=O)(=O)O)c3)cc2c1O. The summed E-state index contributed by atoms with van der Waals surface area (Å²) in [6.45, 7) is 1.31. The van der Waals surface area contributed by atoms with Gasteiger partial charge < -0.3 is 20.5 Å². The minimum absolute atomic E-state index is 0.0867. The highest BCUT2D eigenvalue weighted by atomic mass is 32.2. The first-order chi connectivity index (χ1) is 18.8. The van der Waals surface area contributed by atoms with Gasteiger partial charge in [-0.3, -0.25) is 13.9 Å². The van der Waals surface area contributed by atoms with Crippen LogP contribution in [0.5, 0.6) is 11.5 Å². The molecule has 0 aliphatic rings. The Morgan fingerprint density at radius 3 is 2.20 bits per heavy atom. The number of anilines is 3. The molecule has 1 amide bonds. The Labute approximate surface area is 228 Å². The predicted molar refractivity (Wildman–Crippen MR) is 146 cm³/mol. The number of fused-ring (bicyclic) bond motifs is 1. The van der Waals surface area contributed by atoms with Crippen LogP contribution in [-0.2, 0) is 25.0 Å². The number of nitrogens with zero attached hydrogens (tertiary/aromatic N) is 2. The van der Waals surface area contributed by atoms with E-state index in [1.54, 1.807) is 12.1 Å². The molecule has 0 atom stereocenters. The van der Waals surface area contributed by atoms with E-state index in [-0.39, 0.29) is 33.0 Å². The van der Waals surface area contributed by atoms with E-state index >= 15 is 0 Å². The van der Waals surface area contributed by atoms with Crippen LogP contribution >= 0.6 is 0 Å². The predicted octanol–water partition coefficient (Wildman–Crippen LogP) is 5.16. The van der Waals surface area contributed by atoms with E-state index in [0.717, 1.165) is 6.07 Å². The van der Waals surface area contributed by atoms with Gasteiger partial charge in [0.1, 0.15) is 22.0 Å². The molecule has 0 aromatic heterocycles. The van der Waals surface area contributed by atoms with E-state index < -0.39 is 36.6 Å². The molecule has 0 aliphatic heterocycles. The average Bonchev–Trinajstić information content (AvgIpc) is 2.87. The first-order valence-corrected chi connectivity index (χ1v) is 14.1. The largest absolute Gasteiger partial charge is 0.505 e. The lowest BCUT2D eigenvalue weighted by atomic mass is 10.1. The van der Waals surface area contributed by atoms with Crippen LogP contribution in [0.25, 0.3) is 10.8 Å². The topological polar surface area (TPSA) is 204 Å². The number of carbonyl (C=O) groups excluding carboxylic acids is 1. The molecular weight excluding hydrogens is 564 g/mol. The third kappa shape index (κ3) is 6.35. The van der Waals surface area contributed by atoms with Gasteiger partial charge in [0.05, 0.1) is 12.0 Å². The summed E-state index contributed by atoms with van der Waals surface area (Å²) in [5.41, 5.74) is 0.544. The van der Waals surface area contributed by atoms with E-state index in [2.05, 4.69) is 20.9 Å². The summed E-state index contributed by atoms with van der Waals surface area (Å²) in [5, 5.41) is 24.8. The fourth-order valence-electron chi connectivity index (χ4n) is 3.77. The van der Waals surface area contributed by atoms with Gasteiger partial charge >= 0.3 is 0 Å². The summed E-state index contributed by atoms with van der Waals surface area (Å²) in [6.07, 6.45) is 0. The number of hydrogen-bond donors (Lipinski definition) is 5. The van der Waals surface area contributed by atoms with Crippen molar-refractivity contribution in [2.75, 3.05) is 17.7 Å². The molecule has 15 heteroatoms. The average molecular weight is 587 g/mol. The maximum Gasteiger partial charge on any atom is 0.296 e. The number of phenols is 1. The van der Waals surface area contributed by atoms with Crippen LogP contribution in [0.2, 0.25) is 0 Å². The van der Waals surface area contributed by atoms with Gasteiger partial charge in [0, 0.05) is 29.4 Å². The third-order valence-corrected chi connectivity index (χ3v) is 7.22. The number of methoxy groups -OCH3 is 1. The minimum atomic E-state index is -4.87. The van der Waals surface area contributed by atoms with Gasteiger partial charge in [-0.05, 0) is 60.0 Å². The number of hydrogen-bond acceptors (Lipinski definition) is 10. The van der Waals surface area contributed by atoms with Crippen molar-refractivity contribution in [3.63, 3.8) is 0 Å².